The SMILES string of the molecule is CCC(CC(=O)c1cc2c(F)c(S)c(OC)cc2s1)C(=O)O. The van der Waals surface area contributed by atoms with Gasteiger partial charge in [-0.3, -0.25) is 9.59 Å². The third-order valence-electron chi connectivity index (χ3n) is 3.47. The molecule has 0 bridgehead atoms. The monoisotopic (exact) mass is 342 g/mol. The third kappa shape index (κ3) is 3.10. The zero-order chi connectivity index (χ0) is 16.4. The molecule has 0 radical (unpaired) electrons. The Morgan fingerprint density at radius 2 is 2.14 bits per heavy atom. The number of hydrogen-bond donors (Lipinski definition) is 2. The second kappa shape index (κ2) is 6.66. The molecule has 0 amide bonds. The Labute approximate surface area is 136 Å². The normalized spacial score (nSPS) is 12.4. The second-order valence-electron chi connectivity index (χ2n) is 4.83. The fraction of sp³-hybridized carbons (Fsp3) is 0.333. The topological polar surface area (TPSA) is 63.6 Å². The van der Waals surface area contributed by atoms with Crippen molar-refractivity contribution in [2.24, 2.45) is 5.92 Å². The van der Waals surface area contributed by atoms with E-state index in [-0.39, 0.29) is 17.1 Å². The van der Waals surface area contributed by atoms with E-state index < -0.39 is 17.7 Å². The minimum atomic E-state index is -0.998. The first kappa shape index (κ1) is 16.8. The van der Waals surface area contributed by atoms with Gasteiger partial charge in [0.2, 0.25) is 0 Å². The number of carboxylic acids is 1. The molecule has 7 heteroatoms. The van der Waals surface area contributed by atoms with Crippen molar-refractivity contribution in [1.29, 1.82) is 0 Å². The molecule has 1 aromatic heterocycles. The summed E-state index contributed by atoms with van der Waals surface area (Å²) in [5.41, 5.74) is 0. The van der Waals surface area contributed by atoms with Crippen molar-refractivity contribution in [3.8, 4) is 5.75 Å². The molecule has 1 N–H and O–H groups in total. The molecule has 0 saturated carbocycles. The first-order valence-corrected chi connectivity index (χ1v) is 7.90. The van der Waals surface area contributed by atoms with Crippen LogP contribution >= 0.6 is 24.0 Å². The number of thiophene rings is 1. The maximum atomic E-state index is 14.2. The summed E-state index contributed by atoms with van der Waals surface area (Å²) in [5, 5.41) is 9.32. The van der Waals surface area contributed by atoms with Crippen molar-refractivity contribution in [3.63, 3.8) is 0 Å². The summed E-state index contributed by atoms with van der Waals surface area (Å²) in [6.07, 6.45) is 0.278. The predicted molar refractivity (Wildman–Crippen MR) is 86.0 cm³/mol. The highest BCUT2D eigenvalue weighted by atomic mass is 32.1. The number of rotatable bonds is 6. The lowest BCUT2D eigenvalue weighted by Gasteiger charge is -2.06. The van der Waals surface area contributed by atoms with Crippen molar-refractivity contribution < 1.29 is 23.8 Å². The van der Waals surface area contributed by atoms with Crippen molar-refractivity contribution in [1.82, 2.24) is 0 Å². The smallest absolute Gasteiger partial charge is 0.306 e. The lowest BCUT2D eigenvalue weighted by molar-refractivity contribution is -0.141. The Hall–Kier alpha value is -1.60. The van der Waals surface area contributed by atoms with E-state index in [1.54, 1.807) is 13.0 Å². The molecule has 1 unspecified atom stereocenters. The van der Waals surface area contributed by atoms with Crippen LogP contribution in [0, 0.1) is 11.7 Å². The molecule has 0 aliphatic heterocycles. The van der Waals surface area contributed by atoms with Gasteiger partial charge in [0, 0.05) is 16.5 Å². The average molecular weight is 342 g/mol. The van der Waals surface area contributed by atoms with Gasteiger partial charge in [0.25, 0.3) is 0 Å². The second-order valence-corrected chi connectivity index (χ2v) is 6.37. The number of ether oxygens (including phenoxy) is 1. The molecule has 0 aliphatic rings. The van der Waals surface area contributed by atoms with Crippen LogP contribution in [0.1, 0.15) is 29.4 Å². The number of Topliss-reactive ketones (excluding diaryl/α,β-unsaturated/α-hetero) is 1. The Balaban J connectivity index is 2.39. The molecule has 0 aliphatic carbocycles. The zero-order valence-electron chi connectivity index (χ0n) is 12.1. The number of carboxylic acid groups (broad SMARTS) is 1. The van der Waals surface area contributed by atoms with E-state index >= 15 is 0 Å². The molecular formula is C15H15FO4S2. The number of fused-ring (bicyclic) bond motifs is 1. The lowest BCUT2D eigenvalue weighted by Crippen LogP contribution is -2.16. The van der Waals surface area contributed by atoms with Gasteiger partial charge < -0.3 is 9.84 Å². The van der Waals surface area contributed by atoms with Crippen LogP contribution in [0.2, 0.25) is 0 Å². The van der Waals surface area contributed by atoms with E-state index in [4.69, 9.17) is 9.84 Å². The summed E-state index contributed by atoms with van der Waals surface area (Å²) < 4.78 is 19.8. The summed E-state index contributed by atoms with van der Waals surface area (Å²) in [6.45, 7) is 1.72. The van der Waals surface area contributed by atoms with E-state index in [0.29, 0.717) is 27.1 Å². The van der Waals surface area contributed by atoms with Crippen LogP contribution in [0.15, 0.2) is 17.0 Å². The van der Waals surface area contributed by atoms with Crippen molar-refractivity contribution in [3.05, 3.63) is 22.8 Å². The quantitative estimate of drug-likeness (QED) is 0.615. The van der Waals surface area contributed by atoms with Crippen LogP contribution in [-0.2, 0) is 4.79 Å². The molecule has 2 aromatic rings. The molecule has 1 aromatic carbocycles. The summed E-state index contributed by atoms with van der Waals surface area (Å²) in [7, 11) is 1.42. The number of carbonyl (C=O) groups is 2. The maximum absolute atomic E-state index is 14.2. The van der Waals surface area contributed by atoms with Crippen molar-refractivity contribution in [2.75, 3.05) is 7.11 Å². The molecular weight excluding hydrogens is 327 g/mol. The molecule has 22 heavy (non-hydrogen) atoms. The number of carbonyl (C=O) groups excluding carboxylic acids is 1. The van der Waals surface area contributed by atoms with E-state index in [9.17, 15) is 14.0 Å². The average Bonchev–Trinajstić information content (AvgIpc) is 2.92. The van der Waals surface area contributed by atoms with Crippen molar-refractivity contribution in [2.45, 2.75) is 24.7 Å². The van der Waals surface area contributed by atoms with Gasteiger partial charge >= 0.3 is 5.97 Å². The molecule has 0 fully saturated rings. The minimum Gasteiger partial charge on any atom is -0.495 e. The van der Waals surface area contributed by atoms with Gasteiger partial charge in [0.1, 0.15) is 11.6 Å². The van der Waals surface area contributed by atoms with E-state index in [0.717, 1.165) is 11.3 Å². The minimum absolute atomic E-state index is 0.0868. The molecule has 1 heterocycles. The first-order valence-electron chi connectivity index (χ1n) is 6.64. The van der Waals surface area contributed by atoms with Gasteiger partial charge in [-0.1, -0.05) is 6.92 Å². The van der Waals surface area contributed by atoms with Gasteiger partial charge in [0.05, 0.1) is 22.8 Å². The lowest BCUT2D eigenvalue weighted by atomic mass is 9.99. The fourth-order valence-electron chi connectivity index (χ4n) is 2.13. The summed E-state index contributed by atoms with van der Waals surface area (Å²) in [5.74, 6) is -2.26. The standard InChI is InChI=1S/C15H15FO4S2/c1-3-7(15(18)19)4-9(17)12-5-8-11(22-12)6-10(20-2)14(21)13(8)16/h5-7,21H,3-4H2,1-2H3,(H,18,19). The van der Waals surface area contributed by atoms with E-state index in [2.05, 4.69) is 12.6 Å². The molecule has 118 valence electrons. The van der Waals surface area contributed by atoms with Crippen LogP contribution in [0.4, 0.5) is 4.39 Å². The number of methoxy groups -OCH3 is 1. The Kier molecular flexibility index (Phi) is 5.08. The van der Waals surface area contributed by atoms with E-state index in [1.165, 1.54) is 13.2 Å². The summed E-state index contributed by atoms with van der Waals surface area (Å²) in [6, 6.07) is 3.07. The molecule has 2 rings (SSSR count). The molecule has 0 saturated heterocycles. The number of benzene rings is 1. The molecule has 1 atom stereocenters. The largest absolute Gasteiger partial charge is 0.495 e. The summed E-state index contributed by atoms with van der Waals surface area (Å²) >= 11 is 5.19. The van der Waals surface area contributed by atoms with Gasteiger partial charge in [-0.25, -0.2) is 4.39 Å². The van der Waals surface area contributed by atoms with Crippen molar-refractivity contribution >= 4 is 45.8 Å². The van der Waals surface area contributed by atoms with Crippen LogP contribution in [0.5, 0.6) is 5.75 Å². The number of thiol groups is 1. The molecule has 4 nitrogen and oxygen atoms in total. The fourth-order valence-corrected chi connectivity index (χ4v) is 3.44. The Bertz CT molecular complexity index is 739. The van der Waals surface area contributed by atoms with Crippen LogP contribution in [0.25, 0.3) is 10.1 Å². The van der Waals surface area contributed by atoms with Crippen LogP contribution in [0.3, 0.4) is 0 Å². The zero-order valence-corrected chi connectivity index (χ0v) is 13.8. The highest BCUT2D eigenvalue weighted by Gasteiger charge is 2.22. The Morgan fingerprint density at radius 3 is 2.68 bits per heavy atom. The number of hydrogen-bond acceptors (Lipinski definition) is 5. The summed E-state index contributed by atoms with van der Waals surface area (Å²) in [4.78, 5) is 23.7. The van der Waals surface area contributed by atoms with E-state index in [1.807, 2.05) is 0 Å². The van der Waals surface area contributed by atoms with Gasteiger partial charge in [-0.05, 0) is 18.6 Å². The number of aliphatic carboxylic acids is 1. The number of ketones is 1. The Morgan fingerprint density at radius 1 is 1.45 bits per heavy atom. The maximum Gasteiger partial charge on any atom is 0.306 e. The van der Waals surface area contributed by atoms with Crippen LogP contribution < -0.4 is 4.74 Å². The van der Waals surface area contributed by atoms with Gasteiger partial charge in [-0.15, -0.1) is 24.0 Å². The highest BCUT2D eigenvalue weighted by molar-refractivity contribution is 7.80. The molecule has 0 spiro atoms. The predicted octanol–water partition coefficient (Wildman–Crippen LogP) is 4.02. The van der Waals surface area contributed by atoms with Gasteiger partial charge in [0.15, 0.2) is 5.78 Å². The third-order valence-corrected chi connectivity index (χ3v) is 5.01. The highest BCUT2D eigenvalue weighted by Crippen LogP contribution is 2.37. The van der Waals surface area contributed by atoms with Gasteiger partial charge in [-0.2, -0.15) is 0 Å². The first-order chi connectivity index (χ1) is 10.4. The van der Waals surface area contributed by atoms with Crippen LogP contribution in [-0.4, -0.2) is 24.0 Å². The number of halogens is 1.